The number of aromatic hydroxyl groups is 1. The summed E-state index contributed by atoms with van der Waals surface area (Å²) in [7, 11) is 0. The predicted octanol–water partition coefficient (Wildman–Crippen LogP) is 1.38. The number of halogens is 1. The van der Waals surface area contributed by atoms with Gasteiger partial charge < -0.3 is 14.9 Å². The molecular formula is C18H24FN3O2. The summed E-state index contributed by atoms with van der Waals surface area (Å²) in [5, 5.41) is 9.26. The highest BCUT2D eigenvalue weighted by Gasteiger charge is 2.38. The maximum atomic E-state index is 13.5. The van der Waals surface area contributed by atoms with Gasteiger partial charge in [0.25, 0.3) is 5.91 Å². The van der Waals surface area contributed by atoms with E-state index >= 15 is 0 Å². The molecule has 4 aliphatic heterocycles. The number of hydrogen-bond donors (Lipinski definition) is 1. The molecule has 2 bridgehead atoms. The largest absolute Gasteiger partial charge is 0.505 e. The predicted molar refractivity (Wildman–Crippen MR) is 88.5 cm³/mol. The van der Waals surface area contributed by atoms with Crippen molar-refractivity contribution < 1.29 is 14.3 Å². The van der Waals surface area contributed by atoms with E-state index < -0.39 is 11.6 Å². The maximum absolute atomic E-state index is 13.5. The monoisotopic (exact) mass is 333 g/mol. The van der Waals surface area contributed by atoms with Crippen molar-refractivity contribution >= 4 is 5.91 Å². The summed E-state index contributed by atoms with van der Waals surface area (Å²) in [6.07, 6.45) is 2.60. The smallest absolute Gasteiger partial charge is 0.254 e. The molecule has 24 heavy (non-hydrogen) atoms. The third kappa shape index (κ3) is 2.89. The average molecular weight is 333 g/mol. The lowest BCUT2D eigenvalue weighted by Gasteiger charge is -2.51. The molecule has 0 aliphatic carbocycles. The molecule has 0 aromatic heterocycles. The molecule has 0 radical (unpaired) electrons. The van der Waals surface area contributed by atoms with E-state index in [0.29, 0.717) is 24.7 Å². The third-order valence-corrected chi connectivity index (χ3v) is 5.89. The fourth-order valence-corrected chi connectivity index (χ4v) is 4.43. The van der Waals surface area contributed by atoms with Crippen molar-refractivity contribution in [3.8, 4) is 5.75 Å². The molecule has 5 rings (SSSR count). The Morgan fingerprint density at radius 2 is 1.79 bits per heavy atom. The molecule has 130 valence electrons. The van der Waals surface area contributed by atoms with E-state index in [2.05, 4.69) is 9.80 Å². The quantitative estimate of drug-likeness (QED) is 0.888. The lowest BCUT2D eigenvalue weighted by molar-refractivity contribution is -0.0131. The van der Waals surface area contributed by atoms with Crippen molar-refractivity contribution in [3.63, 3.8) is 0 Å². The number of rotatable bonds is 2. The molecule has 4 fully saturated rings. The van der Waals surface area contributed by atoms with E-state index in [1.54, 1.807) is 4.90 Å². The van der Waals surface area contributed by atoms with Crippen molar-refractivity contribution in [2.75, 3.05) is 45.8 Å². The van der Waals surface area contributed by atoms with Crippen LogP contribution in [0.4, 0.5) is 4.39 Å². The van der Waals surface area contributed by atoms with Crippen molar-refractivity contribution in [2.45, 2.75) is 18.9 Å². The minimum Gasteiger partial charge on any atom is -0.505 e. The van der Waals surface area contributed by atoms with Crippen LogP contribution in [-0.4, -0.2) is 77.6 Å². The van der Waals surface area contributed by atoms with Crippen molar-refractivity contribution in [3.05, 3.63) is 29.6 Å². The second kappa shape index (κ2) is 6.33. The lowest BCUT2D eigenvalue weighted by Crippen LogP contribution is -2.61. The Kier molecular flexibility index (Phi) is 4.18. The molecule has 1 atom stereocenters. The molecule has 0 saturated carbocycles. The Balaban J connectivity index is 1.37. The molecule has 1 amide bonds. The minimum absolute atomic E-state index is 0.150. The fourth-order valence-electron chi connectivity index (χ4n) is 4.43. The van der Waals surface area contributed by atoms with Crippen LogP contribution in [-0.2, 0) is 0 Å². The molecular weight excluding hydrogens is 309 g/mol. The summed E-state index contributed by atoms with van der Waals surface area (Å²) < 4.78 is 13.5. The first-order valence-electron chi connectivity index (χ1n) is 8.86. The van der Waals surface area contributed by atoms with Gasteiger partial charge in [-0.05, 0) is 50.0 Å². The van der Waals surface area contributed by atoms with Gasteiger partial charge in [0, 0.05) is 44.3 Å². The van der Waals surface area contributed by atoms with Crippen molar-refractivity contribution in [2.24, 2.45) is 5.92 Å². The van der Waals surface area contributed by atoms with E-state index in [9.17, 15) is 14.3 Å². The number of phenolic OH excluding ortho intramolecular Hbond substituents is 1. The van der Waals surface area contributed by atoms with E-state index in [0.717, 1.165) is 25.1 Å². The van der Waals surface area contributed by atoms with Crippen LogP contribution < -0.4 is 0 Å². The van der Waals surface area contributed by atoms with Gasteiger partial charge in [-0.15, -0.1) is 0 Å². The summed E-state index contributed by atoms with van der Waals surface area (Å²) in [5.41, 5.74) is 0.307. The SMILES string of the molecule is O=C(c1ccc(O)c(F)c1)N1CCN(C2CN3CCC2CC3)CC1. The normalized spacial score (nSPS) is 30.5. The Labute approximate surface area is 141 Å². The number of piperazine rings is 1. The summed E-state index contributed by atoms with van der Waals surface area (Å²) in [6, 6.07) is 4.49. The van der Waals surface area contributed by atoms with Crippen LogP contribution >= 0.6 is 0 Å². The maximum Gasteiger partial charge on any atom is 0.254 e. The molecule has 1 N–H and O–H groups in total. The zero-order valence-electron chi connectivity index (χ0n) is 13.8. The second-order valence-electron chi connectivity index (χ2n) is 7.20. The van der Waals surface area contributed by atoms with E-state index in [1.165, 1.54) is 44.6 Å². The summed E-state index contributed by atoms with van der Waals surface area (Å²) in [6.45, 7) is 6.80. The van der Waals surface area contributed by atoms with Crippen LogP contribution in [0.3, 0.4) is 0 Å². The van der Waals surface area contributed by atoms with Crippen LogP contribution in [0.2, 0.25) is 0 Å². The zero-order chi connectivity index (χ0) is 16.7. The second-order valence-corrected chi connectivity index (χ2v) is 7.20. The molecule has 1 aromatic carbocycles. The van der Waals surface area contributed by atoms with Crippen LogP contribution in [0.15, 0.2) is 18.2 Å². The van der Waals surface area contributed by atoms with Gasteiger partial charge in [-0.1, -0.05) is 0 Å². The molecule has 1 aromatic rings. The number of carbonyl (C=O) groups is 1. The third-order valence-electron chi connectivity index (χ3n) is 5.89. The number of carbonyl (C=O) groups excluding carboxylic acids is 1. The number of phenols is 1. The Hall–Kier alpha value is -1.66. The zero-order valence-corrected chi connectivity index (χ0v) is 13.8. The number of fused-ring (bicyclic) bond motifs is 3. The Morgan fingerprint density at radius 3 is 2.38 bits per heavy atom. The molecule has 4 aliphatic rings. The molecule has 0 spiro atoms. The number of amides is 1. The number of piperidine rings is 3. The first-order valence-corrected chi connectivity index (χ1v) is 8.86. The van der Waals surface area contributed by atoms with Crippen LogP contribution in [0.5, 0.6) is 5.75 Å². The van der Waals surface area contributed by atoms with Crippen LogP contribution in [0, 0.1) is 11.7 Å². The van der Waals surface area contributed by atoms with Gasteiger partial charge in [0.05, 0.1) is 0 Å². The number of hydrogen-bond acceptors (Lipinski definition) is 4. The first kappa shape index (κ1) is 15.8. The van der Waals surface area contributed by atoms with Crippen LogP contribution in [0.1, 0.15) is 23.2 Å². The summed E-state index contributed by atoms with van der Waals surface area (Å²) in [5.74, 6) is -0.503. The Morgan fingerprint density at radius 1 is 1.08 bits per heavy atom. The van der Waals surface area contributed by atoms with Gasteiger partial charge in [-0.3, -0.25) is 9.69 Å². The molecule has 1 unspecified atom stereocenters. The van der Waals surface area contributed by atoms with Gasteiger partial charge in [0.15, 0.2) is 11.6 Å². The Bertz CT molecular complexity index is 623. The van der Waals surface area contributed by atoms with E-state index in [1.807, 2.05) is 0 Å². The van der Waals surface area contributed by atoms with E-state index in [4.69, 9.17) is 0 Å². The highest BCUT2D eigenvalue weighted by atomic mass is 19.1. The fraction of sp³-hybridized carbons (Fsp3) is 0.611. The van der Waals surface area contributed by atoms with Crippen molar-refractivity contribution in [1.82, 2.24) is 14.7 Å². The highest BCUT2D eigenvalue weighted by molar-refractivity contribution is 5.94. The first-order chi connectivity index (χ1) is 11.6. The van der Waals surface area contributed by atoms with Gasteiger partial charge in [-0.2, -0.15) is 0 Å². The average Bonchev–Trinajstić information content (AvgIpc) is 2.64. The standard InChI is InChI=1S/C18H24FN3O2/c19-15-11-14(1-2-17(15)23)18(24)22-9-7-21(8-10-22)16-12-20-5-3-13(16)4-6-20/h1-2,11,13,16,23H,3-10,12H2. The number of benzene rings is 1. The topological polar surface area (TPSA) is 47.0 Å². The van der Waals surface area contributed by atoms with E-state index in [-0.39, 0.29) is 5.91 Å². The minimum atomic E-state index is -0.744. The van der Waals surface area contributed by atoms with Gasteiger partial charge in [-0.25, -0.2) is 4.39 Å². The summed E-state index contributed by atoms with van der Waals surface area (Å²) >= 11 is 0. The number of nitrogens with zero attached hydrogens (tertiary/aromatic N) is 3. The highest BCUT2D eigenvalue weighted by Crippen LogP contribution is 2.31. The van der Waals surface area contributed by atoms with Crippen LogP contribution in [0.25, 0.3) is 0 Å². The lowest BCUT2D eigenvalue weighted by atomic mass is 9.83. The summed E-state index contributed by atoms with van der Waals surface area (Å²) in [4.78, 5) is 19.4. The van der Waals surface area contributed by atoms with Gasteiger partial charge in [0.1, 0.15) is 0 Å². The molecule has 4 heterocycles. The van der Waals surface area contributed by atoms with Crippen molar-refractivity contribution in [1.29, 1.82) is 0 Å². The molecule has 6 heteroatoms. The molecule has 5 nitrogen and oxygen atoms in total. The molecule has 4 saturated heterocycles. The van der Waals surface area contributed by atoms with Gasteiger partial charge >= 0.3 is 0 Å². The van der Waals surface area contributed by atoms with Gasteiger partial charge in [0.2, 0.25) is 0 Å².